The Bertz CT molecular complexity index is 639. The van der Waals surface area contributed by atoms with Crippen molar-refractivity contribution in [2.45, 2.75) is 25.4 Å². The van der Waals surface area contributed by atoms with Crippen LogP contribution in [0.25, 0.3) is 12.2 Å². The molecular formula is C22H28O5. The van der Waals surface area contributed by atoms with E-state index in [1.807, 2.05) is 48.6 Å². The molecule has 27 heavy (non-hydrogen) atoms. The van der Waals surface area contributed by atoms with Crippen molar-refractivity contribution in [2.24, 2.45) is 0 Å². The average Bonchev–Trinajstić information content (AvgIpc) is 2.73. The van der Waals surface area contributed by atoms with Gasteiger partial charge >= 0.3 is 0 Å². The molecule has 0 saturated heterocycles. The molecule has 4 N–H and O–H groups in total. The molecule has 2 rings (SSSR count). The normalized spacial score (nSPS) is 12.4. The third kappa shape index (κ3) is 7.86. The van der Waals surface area contributed by atoms with Crippen LogP contribution in [0, 0.1) is 0 Å². The van der Waals surface area contributed by atoms with E-state index in [0.29, 0.717) is 13.2 Å². The summed E-state index contributed by atoms with van der Waals surface area (Å²) in [4.78, 5) is 0. The molecule has 2 atom stereocenters. The van der Waals surface area contributed by atoms with Crippen LogP contribution < -0.4 is 0 Å². The van der Waals surface area contributed by atoms with Gasteiger partial charge in [-0.25, -0.2) is 0 Å². The smallest absolute Gasteiger partial charge is 0.105 e. The summed E-state index contributed by atoms with van der Waals surface area (Å²) < 4.78 is 5.80. The van der Waals surface area contributed by atoms with Gasteiger partial charge in [-0.1, -0.05) is 73.8 Å². The first kappa shape index (κ1) is 22.8. The van der Waals surface area contributed by atoms with Crippen molar-refractivity contribution in [1.82, 2.24) is 0 Å². The first-order chi connectivity index (χ1) is 13.1. The lowest BCUT2D eigenvalue weighted by atomic mass is 10.1. The van der Waals surface area contributed by atoms with Crippen LogP contribution in [0.2, 0.25) is 0 Å². The van der Waals surface area contributed by atoms with Gasteiger partial charge in [-0.15, -0.1) is 0 Å². The van der Waals surface area contributed by atoms with E-state index in [1.54, 1.807) is 0 Å². The second-order valence-corrected chi connectivity index (χ2v) is 5.80. The molecule has 0 unspecified atom stereocenters. The van der Waals surface area contributed by atoms with E-state index in [-0.39, 0.29) is 0 Å². The van der Waals surface area contributed by atoms with E-state index in [1.165, 1.54) is 0 Å². The van der Waals surface area contributed by atoms with Crippen molar-refractivity contribution < 1.29 is 25.2 Å². The fourth-order valence-electron chi connectivity index (χ4n) is 2.24. The summed E-state index contributed by atoms with van der Waals surface area (Å²) in [5.74, 6) is 0. The quantitative estimate of drug-likeness (QED) is 0.543. The number of aliphatic hydroxyl groups is 4. The second-order valence-electron chi connectivity index (χ2n) is 5.80. The van der Waals surface area contributed by atoms with Crippen molar-refractivity contribution >= 4 is 12.2 Å². The SMILES string of the molecule is C=Cc1ccccc1COCc1ccccc1C=C.OC[C@@H](O)[C@@H](O)CO. The Balaban J connectivity index is 0.000000387. The molecule has 0 aromatic heterocycles. The molecule has 0 aliphatic rings. The zero-order valence-corrected chi connectivity index (χ0v) is 15.4. The summed E-state index contributed by atoms with van der Waals surface area (Å²) >= 11 is 0. The maximum atomic E-state index is 8.47. The van der Waals surface area contributed by atoms with E-state index >= 15 is 0 Å². The lowest BCUT2D eigenvalue weighted by Crippen LogP contribution is -2.31. The van der Waals surface area contributed by atoms with Gasteiger partial charge in [0.1, 0.15) is 12.2 Å². The highest BCUT2D eigenvalue weighted by Gasteiger charge is 2.12. The third-order valence-corrected chi connectivity index (χ3v) is 3.88. The van der Waals surface area contributed by atoms with Crippen LogP contribution in [-0.4, -0.2) is 45.8 Å². The van der Waals surface area contributed by atoms with Gasteiger partial charge < -0.3 is 25.2 Å². The minimum atomic E-state index is -1.22. The van der Waals surface area contributed by atoms with Gasteiger partial charge in [-0.2, -0.15) is 0 Å². The Labute approximate surface area is 160 Å². The van der Waals surface area contributed by atoms with Gasteiger partial charge in [0, 0.05) is 0 Å². The van der Waals surface area contributed by atoms with Crippen molar-refractivity contribution in [3.8, 4) is 0 Å². The molecular weight excluding hydrogens is 344 g/mol. The van der Waals surface area contributed by atoms with Crippen LogP contribution in [0.1, 0.15) is 22.3 Å². The summed E-state index contributed by atoms with van der Waals surface area (Å²) in [6.07, 6.45) is 1.27. The van der Waals surface area contributed by atoms with E-state index in [0.717, 1.165) is 22.3 Å². The number of ether oxygens (including phenoxy) is 1. The average molecular weight is 372 g/mol. The first-order valence-corrected chi connectivity index (χ1v) is 8.63. The maximum absolute atomic E-state index is 8.47. The molecule has 0 aliphatic carbocycles. The zero-order valence-electron chi connectivity index (χ0n) is 15.4. The Morgan fingerprint density at radius 2 is 1.11 bits per heavy atom. The van der Waals surface area contributed by atoms with Crippen molar-refractivity contribution in [3.05, 3.63) is 83.9 Å². The molecule has 0 saturated carbocycles. The molecule has 2 aromatic carbocycles. The van der Waals surface area contributed by atoms with Gasteiger partial charge in [0.05, 0.1) is 26.4 Å². The summed E-state index contributed by atoms with van der Waals surface area (Å²) in [7, 11) is 0. The van der Waals surface area contributed by atoms with Gasteiger partial charge in [0.25, 0.3) is 0 Å². The predicted octanol–water partition coefficient (Wildman–Crippen LogP) is 2.38. The highest BCUT2D eigenvalue weighted by Crippen LogP contribution is 2.15. The Morgan fingerprint density at radius 3 is 1.44 bits per heavy atom. The highest BCUT2D eigenvalue weighted by molar-refractivity contribution is 5.52. The van der Waals surface area contributed by atoms with Crippen LogP contribution in [0.5, 0.6) is 0 Å². The zero-order chi connectivity index (χ0) is 20.1. The van der Waals surface area contributed by atoms with Crippen LogP contribution in [0.3, 0.4) is 0 Å². The topological polar surface area (TPSA) is 90.2 Å². The van der Waals surface area contributed by atoms with Crippen LogP contribution in [-0.2, 0) is 18.0 Å². The molecule has 2 aromatic rings. The second kappa shape index (κ2) is 13.0. The molecule has 0 fully saturated rings. The summed E-state index contributed by atoms with van der Waals surface area (Å²) in [6.45, 7) is 7.76. The number of hydrogen-bond donors (Lipinski definition) is 4. The molecule has 0 heterocycles. The standard InChI is InChI=1S/C18H18O.C4H10O4/c1-3-15-9-5-7-11-17(15)13-19-14-18-12-8-6-10-16(18)4-2;5-1-3(7)4(8)2-6/h3-12H,1-2,13-14H2;3-8H,1-2H2/t;3-,4+. The van der Waals surface area contributed by atoms with E-state index in [4.69, 9.17) is 25.2 Å². The van der Waals surface area contributed by atoms with Crippen molar-refractivity contribution in [1.29, 1.82) is 0 Å². The third-order valence-electron chi connectivity index (χ3n) is 3.88. The lowest BCUT2D eigenvalue weighted by molar-refractivity contribution is -0.0388. The van der Waals surface area contributed by atoms with Crippen molar-refractivity contribution in [3.63, 3.8) is 0 Å². The number of hydrogen-bond acceptors (Lipinski definition) is 5. The van der Waals surface area contributed by atoms with Crippen molar-refractivity contribution in [2.75, 3.05) is 13.2 Å². The minimum Gasteiger partial charge on any atom is -0.394 e. The molecule has 5 heteroatoms. The largest absolute Gasteiger partial charge is 0.394 e. The van der Waals surface area contributed by atoms with Crippen LogP contribution in [0.4, 0.5) is 0 Å². The minimum absolute atomic E-state index is 0.526. The Hall–Kier alpha value is -2.28. The van der Waals surface area contributed by atoms with Crippen LogP contribution in [0.15, 0.2) is 61.7 Å². The maximum Gasteiger partial charge on any atom is 0.105 e. The number of benzene rings is 2. The molecule has 5 nitrogen and oxygen atoms in total. The fourth-order valence-corrected chi connectivity index (χ4v) is 2.24. The molecule has 0 aliphatic heterocycles. The summed E-state index contributed by atoms with van der Waals surface area (Å²) in [5, 5.41) is 33.2. The molecule has 146 valence electrons. The van der Waals surface area contributed by atoms with Gasteiger partial charge in [-0.05, 0) is 22.3 Å². The van der Waals surface area contributed by atoms with Gasteiger partial charge in [0.2, 0.25) is 0 Å². The highest BCUT2D eigenvalue weighted by atomic mass is 16.5. The lowest BCUT2D eigenvalue weighted by Gasteiger charge is -2.10. The summed E-state index contributed by atoms with van der Waals surface area (Å²) in [5.41, 5.74) is 4.57. The van der Waals surface area contributed by atoms with E-state index in [2.05, 4.69) is 25.3 Å². The Morgan fingerprint density at radius 1 is 0.741 bits per heavy atom. The number of rotatable bonds is 9. The van der Waals surface area contributed by atoms with E-state index < -0.39 is 25.4 Å². The molecule has 0 amide bonds. The van der Waals surface area contributed by atoms with Gasteiger partial charge in [0.15, 0.2) is 0 Å². The Kier molecular flexibility index (Phi) is 10.9. The predicted molar refractivity (Wildman–Crippen MR) is 108 cm³/mol. The molecule has 0 spiro atoms. The fraction of sp³-hybridized carbons (Fsp3) is 0.273. The van der Waals surface area contributed by atoms with E-state index in [9.17, 15) is 0 Å². The number of aliphatic hydroxyl groups excluding tert-OH is 4. The summed E-state index contributed by atoms with van der Waals surface area (Å²) in [6, 6.07) is 16.3. The monoisotopic (exact) mass is 372 g/mol. The first-order valence-electron chi connectivity index (χ1n) is 8.63. The van der Waals surface area contributed by atoms with Crippen LogP contribution >= 0.6 is 0 Å². The molecule has 0 bridgehead atoms. The van der Waals surface area contributed by atoms with Gasteiger partial charge in [-0.3, -0.25) is 0 Å². The molecule has 0 radical (unpaired) electrons.